The zero-order valence-electron chi connectivity index (χ0n) is 42.7. The summed E-state index contributed by atoms with van der Waals surface area (Å²) in [6, 6.07) is 9.94. The average Bonchev–Trinajstić information content (AvgIpc) is 3.34. The SMILES string of the molecule is COc1cc(/C=C(\C[C@H]2c3cc(CCO)ccc3CC[C@@H]2CO)C(=O)O[C@@H]2[C@H](OC(=O)CC[C@H]3[C@H]4C=C[C@]5(CC[C@H](C(C)C)[C@H]6CC[C@@]35C[C@@H]6O)C[C@@H]4C)[C@@H](O)[C@H]3O[C@]2(O)C=C[C@@H]3NC[C@H](C)O)ccc1O. The monoisotopic (exact) mass is 998 g/mol. The number of nitrogens with one attached hydrogen (secondary N) is 1. The number of hydrogen-bond acceptors (Lipinski definition) is 14. The van der Waals surface area contributed by atoms with Gasteiger partial charge in [0.2, 0.25) is 5.79 Å². The standard InChI is InChI=1S/C58H79NO13/c1-32(2)40-14-19-56-20-15-41(33(3)28-56)45(57(56)21-16-42(40)48(64)29-57)11-13-50(65)70-53-51(66)52-46(59-30-34(4)62)17-22-58(68,72-52)54(53)71-55(67)39(24-36-7-12-47(63)49(26-36)69-5)27-44-38(31-61)10-9-37-8-6-35(18-23-60)25-43(37)44/h6-8,12,15,17,20,22,24-26,32-34,38,40-42,44-46,48,51-54,59-64,66,68H,9-11,13-14,16,18-19,21,23,27-31H2,1-5H3/b39-24+/t33-,34-,38+,40+,41-,42+,44+,45-,46-,48-,51-,52-,53+,54+,56+,57+,58+/m0/s1. The van der Waals surface area contributed by atoms with Crippen molar-refractivity contribution in [2.75, 3.05) is 26.9 Å². The molecular weight excluding hydrogens is 919 g/mol. The van der Waals surface area contributed by atoms with Crippen molar-refractivity contribution in [3.8, 4) is 11.5 Å². The molecule has 2 aromatic rings. The molecule has 1 saturated heterocycles. The molecule has 2 spiro atoms. The summed E-state index contributed by atoms with van der Waals surface area (Å²) in [5, 5.41) is 81.0. The molecule has 0 radical (unpaired) electrons. The molecule has 2 aliphatic heterocycles. The van der Waals surface area contributed by atoms with E-state index in [1.807, 2.05) is 18.2 Å². The first-order valence-electron chi connectivity index (χ1n) is 26.8. The lowest BCUT2D eigenvalue weighted by atomic mass is 9.36. The van der Waals surface area contributed by atoms with Crippen LogP contribution in [0.15, 0.2) is 66.3 Å². The summed E-state index contributed by atoms with van der Waals surface area (Å²) in [4.78, 5) is 29.7. The number of fused-ring (bicyclic) bond motifs is 8. The summed E-state index contributed by atoms with van der Waals surface area (Å²) < 4.78 is 24.3. The third-order valence-electron chi connectivity index (χ3n) is 18.7. The Morgan fingerprint density at radius 1 is 0.986 bits per heavy atom. The van der Waals surface area contributed by atoms with Gasteiger partial charge in [0.25, 0.3) is 0 Å². The molecule has 4 saturated carbocycles. The average molecular weight is 998 g/mol. The summed E-state index contributed by atoms with van der Waals surface area (Å²) >= 11 is 0. The highest BCUT2D eigenvalue weighted by Gasteiger charge is 2.65. The summed E-state index contributed by atoms with van der Waals surface area (Å²) in [7, 11) is 1.42. The number of phenols is 1. The van der Waals surface area contributed by atoms with Crippen molar-refractivity contribution in [1.82, 2.24) is 5.32 Å². The van der Waals surface area contributed by atoms with Crippen molar-refractivity contribution in [2.45, 2.75) is 159 Å². The molecule has 72 heavy (non-hydrogen) atoms. The van der Waals surface area contributed by atoms with Crippen molar-refractivity contribution < 1.29 is 64.3 Å². The highest BCUT2D eigenvalue weighted by Crippen LogP contribution is 2.72. The number of aryl methyl sites for hydroxylation is 1. The number of aliphatic hydroxyl groups is 6. The Hall–Kier alpha value is -4.12. The van der Waals surface area contributed by atoms with Crippen molar-refractivity contribution >= 4 is 18.0 Å². The van der Waals surface area contributed by atoms with Crippen molar-refractivity contribution in [3.05, 3.63) is 88.5 Å². The minimum absolute atomic E-state index is 0.00315. The smallest absolute Gasteiger partial charge is 0.334 e. The Morgan fingerprint density at radius 2 is 1.79 bits per heavy atom. The maximum Gasteiger partial charge on any atom is 0.334 e. The summed E-state index contributed by atoms with van der Waals surface area (Å²) in [6.07, 6.45) is 10.3. The van der Waals surface area contributed by atoms with Gasteiger partial charge in [0, 0.05) is 31.8 Å². The minimum atomic E-state index is -2.36. The van der Waals surface area contributed by atoms with Crippen LogP contribution in [0.1, 0.15) is 120 Å². The Kier molecular flexibility index (Phi) is 15.6. The lowest BCUT2D eigenvalue weighted by molar-refractivity contribution is -0.333. The van der Waals surface area contributed by atoms with E-state index in [-0.39, 0.29) is 90.1 Å². The van der Waals surface area contributed by atoms with Gasteiger partial charge in [-0.1, -0.05) is 63.3 Å². The van der Waals surface area contributed by atoms with E-state index >= 15 is 4.79 Å². The van der Waals surface area contributed by atoms with Gasteiger partial charge in [0.15, 0.2) is 23.7 Å². The normalized spacial score (nSPS) is 38.1. The fraction of sp³-hybridized carbons (Fsp3) is 0.655. The van der Waals surface area contributed by atoms with Crippen LogP contribution in [0.5, 0.6) is 11.5 Å². The van der Waals surface area contributed by atoms with Crippen LogP contribution in [0, 0.1) is 52.3 Å². The molecule has 7 aliphatic carbocycles. The number of aromatic hydroxyl groups is 1. The van der Waals surface area contributed by atoms with Crippen LogP contribution in [0.4, 0.5) is 0 Å². The molecule has 5 fully saturated rings. The van der Waals surface area contributed by atoms with Gasteiger partial charge < -0.3 is 60.0 Å². The van der Waals surface area contributed by atoms with Crippen molar-refractivity contribution in [2.24, 2.45) is 52.3 Å². The third-order valence-corrected chi connectivity index (χ3v) is 18.7. The van der Waals surface area contributed by atoms with Gasteiger partial charge in [-0.05, 0) is 182 Å². The van der Waals surface area contributed by atoms with Gasteiger partial charge in [-0.15, -0.1) is 0 Å². The number of esters is 2. The molecule has 17 atom stereocenters. The van der Waals surface area contributed by atoms with Crippen LogP contribution in [-0.2, 0) is 36.6 Å². The van der Waals surface area contributed by atoms with Gasteiger partial charge in [0.05, 0.1) is 25.4 Å². The van der Waals surface area contributed by atoms with Crippen LogP contribution in [0.3, 0.4) is 0 Å². The van der Waals surface area contributed by atoms with Gasteiger partial charge in [-0.3, -0.25) is 4.79 Å². The van der Waals surface area contributed by atoms with Crippen LogP contribution >= 0.6 is 0 Å². The molecular formula is C58H79NO13. The second-order valence-corrected chi connectivity index (χ2v) is 23.1. The number of rotatable bonds is 17. The second kappa shape index (κ2) is 21.2. The van der Waals surface area contributed by atoms with Crippen LogP contribution in [-0.4, -0.2) is 123 Å². The van der Waals surface area contributed by atoms with E-state index in [0.717, 1.165) is 48.8 Å². The number of allylic oxidation sites excluding steroid dienone is 2. The first kappa shape index (κ1) is 52.7. The molecule has 11 rings (SSSR count). The second-order valence-electron chi connectivity index (χ2n) is 23.1. The summed E-state index contributed by atoms with van der Waals surface area (Å²) in [5.74, 6) is -2.53. The zero-order valence-corrected chi connectivity index (χ0v) is 42.7. The highest BCUT2D eigenvalue weighted by molar-refractivity contribution is 5.94. The third kappa shape index (κ3) is 9.84. The highest BCUT2D eigenvalue weighted by atomic mass is 16.7. The van der Waals surface area contributed by atoms with E-state index in [1.165, 1.54) is 19.3 Å². The number of hydrogen-bond donors (Lipinski definition) is 8. The number of methoxy groups -OCH3 is 1. The number of benzene rings is 2. The zero-order chi connectivity index (χ0) is 51.3. The van der Waals surface area contributed by atoms with E-state index in [0.29, 0.717) is 55.4 Å². The molecule has 9 aliphatic rings. The summed E-state index contributed by atoms with van der Waals surface area (Å²) in [5.41, 5.74) is 3.27. The van der Waals surface area contributed by atoms with E-state index < -0.39 is 60.4 Å². The van der Waals surface area contributed by atoms with Crippen molar-refractivity contribution in [1.29, 1.82) is 0 Å². The maximum atomic E-state index is 15.1. The lowest BCUT2D eigenvalue weighted by Crippen LogP contribution is -2.71. The fourth-order valence-corrected chi connectivity index (χ4v) is 15.2. The molecule has 6 bridgehead atoms. The van der Waals surface area contributed by atoms with E-state index in [4.69, 9.17) is 18.9 Å². The first-order chi connectivity index (χ1) is 34.4. The van der Waals surface area contributed by atoms with E-state index in [1.54, 1.807) is 31.2 Å². The molecule has 2 heterocycles. The molecule has 14 heteroatoms. The molecule has 2 aromatic carbocycles. The molecule has 0 amide bonds. The quantitative estimate of drug-likeness (QED) is 0.0514. The van der Waals surface area contributed by atoms with Gasteiger partial charge in [-0.2, -0.15) is 0 Å². The topological polar surface area (TPSA) is 225 Å². The number of ether oxygens (including phenoxy) is 4. The van der Waals surface area contributed by atoms with Crippen LogP contribution < -0.4 is 10.1 Å². The minimum Gasteiger partial charge on any atom is -0.504 e. The Balaban J connectivity index is 1.03. The largest absolute Gasteiger partial charge is 0.504 e. The van der Waals surface area contributed by atoms with Crippen molar-refractivity contribution in [3.63, 3.8) is 0 Å². The maximum absolute atomic E-state index is 15.1. The van der Waals surface area contributed by atoms with Gasteiger partial charge in [-0.25, -0.2) is 4.79 Å². The van der Waals surface area contributed by atoms with E-state index in [2.05, 4.69) is 38.2 Å². The first-order valence-corrected chi connectivity index (χ1v) is 26.8. The predicted octanol–water partition coefficient (Wildman–Crippen LogP) is 6.05. The number of carbonyl (C=O) groups excluding carboxylic acids is 2. The number of aliphatic hydroxyl groups excluding tert-OH is 5. The van der Waals surface area contributed by atoms with Crippen LogP contribution in [0.25, 0.3) is 6.08 Å². The molecule has 0 unspecified atom stereocenters. The molecule has 394 valence electrons. The lowest BCUT2D eigenvalue weighted by Gasteiger charge is -2.68. The Labute approximate surface area is 424 Å². The summed E-state index contributed by atoms with van der Waals surface area (Å²) in [6.45, 7) is 8.41. The predicted molar refractivity (Wildman–Crippen MR) is 269 cm³/mol. The molecule has 14 nitrogen and oxygen atoms in total. The number of carbonyl (C=O) groups is 2. The van der Waals surface area contributed by atoms with E-state index in [9.17, 15) is 40.5 Å². The molecule has 8 N–H and O–H groups in total. The Bertz CT molecular complexity index is 2380. The van der Waals surface area contributed by atoms with Gasteiger partial charge >= 0.3 is 11.9 Å². The van der Waals surface area contributed by atoms with Gasteiger partial charge in [0.1, 0.15) is 12.2 Å². The Morgan fingerprint density at radius 3 is 2.50 bits per heavy atom. The fourth-order valence-electron chi connectivity index (χ4n) is 15.2. The number of phenolic OH excluding ortho intramolecular Hbond substituents is 1. The molecule has 0 aromatic heterocycles. The van der Waals surface area contributed by atoms with Crippen LogP contribution in [0.2, 0.25) is 0 Å².